The van der Waals surface area contributed by atoms with E-state index in [4.69, 9.17) is 0 Å². The van der Waals surface area contributed by atoms with Crippen LogP contribution < -0.4 is 5.32 Å². The summed E-state index contributed by atoms with van der Waals surface area (Å²) < 4.78 is 22.8. The minimum absolute atomic E-state index is 0.0913. The highest BCUT2D eigenvalue weighted by atomic mass is 32.2. The van der Waals surface area contributed by atoms with E-state index >= 15 is 0 Å². The third kappa shape index (κ3) is 2.35. The molecule has 0 spiro atoms. The molecule has 1 atom stereocenters. The fourth-order valence-electron chi connectivity index (χ4n) is 1.57. The van der Waals surface area contributed by atoms with Crippen molar-refractivity contribution in [3.05, 3.63) is 11.6 Å². The molecule has 2 N–H and O–H groups in total. The molecule has 1 aromatic rings. The van der Waals surface area contributed by atoms with Crippen LogP contribution in [0.4, 0.5) is 0 Å². The first-order chi connectivity index (χ1) is 7.11. The number of hydrogen-bond acceptors (Lipinski definition) is 5. The van der Waals surface area contributed by atoms with Crippen molar-refractivity contribution in [3.8, 4) is 0 Å². The smallest absolute Gasteiger partial charge is 0.168 e. The summed E-state index contributed by atoms with van der Waals surface area (Å²) in [5.41, 5.74) is 0. The maximum Gasteiger partial charge on any atom is 0.168 e. The molecule has 2 rings (SSSR count). The Morgan fingerprint density at radius 2 is 2.33 bits per heavy atom. The second kappa shape index (κ2) is 3.90. The number of nitrogens with one attached hydrogen (secondary N) is 2. The maximum absolute atomic E-state index is 11.4. The van der Waals surface area contributed by atoms with E-state index in [1.54, 1.807) is 0 Å². The Morgan fingerprint density at radius 1 is 1.53 bits per heavy atom. The monoisotopic (exact) mass is 230 g/mol. The van der Waals surface area contributed by atoms with E-state index in [2.05, 4.69) is 20.5 Å². The van der Waals surface area contributed by atoms with Crippen molar-refractivity contribution in [2.24, 2.45) is 0 Å². The number of sulfone groups is 1. The minimum Gasteiger partial charge on any atom is -0.305 e. The summed E-state index contributed by atoms with van der Waals surface area (Å²) in [6, 6.07) is -0.264. The normalized spacial score (nSPS) is 25.3. The molecule has 1 aliphatic heterocycles. The molecule has 1 unspecified atom stereocenters. The summed E-state index contributed by atoms with van der Waals surface area (Å²) in [5, 5.41) is 9.90. The van der Waals surface area contributed by atoms with Gasteiger partial charge in [-0.1, -0.05) is 6.92 Å². The van der Waals surface area contributed by atoms with Gasteiger partial charge in [-0.25, -0.2) is 13.4 Å². The highest BCUT2D eigenvalue weighted by molar-refractivity contribution is 7.91. The van der Waals surface area contributed by atoms with Crippen molar-refractivity contribution in [1.29, 1.82) is 0 Å². The quantitative estimate of drug-likeness (QED) is 0.710. The molecule has 1 aliphatic rings. The van der Waals surface area contributed by atoms with Crippen LogP contribution >= 0.6 is 0 Å². The molecule has 15 heavy (non-hydrogen) atoms. The minimum atomic E-state index is -2.93. The van der Waals surface area contributed by atoms with Gasteiger partial charge in [0.1, 0.15) is 5.82 Å². The van der Waals surface area contributed by atoms with Gasteiger partial charge in [-0.3, -0.25) is 5.10 Å². The van der Waals surface area contributed by atoms with Gasteiger partial charge in [-0.15, -0.1) is 0 Å². The number of aromatic amines is 1. The average Bonchev–Trinajstić information content (AvgIpc) is 2.64. The molecule has 0 radical (unpaired) electrons. The van der Waals surface area contributed by atoms with Crippen LogP contribution in [0.15, 0.2) is 0 Å². The summed E-state index contributed by atoms with van der Waals surface area (Å²) in [6.07, 6.45) is 0.770. The predicted octanol–water partition coefficient (Wildman–Crippen LogP) is -0.574. The zero-order valence-corrected chi connectivity index (χ0v) is 9.34. The van der Waals surface area contributed by atoms with Crippen molar-refractivity contribution in [2.45, 2.75) is 19.4 Å². The molecule has 7 heteroatoms. The van der Waals surface area contributed by atoms with E-state index < -0.39 is 9.84 Å². The van der Waals surface area contributed by atoms with Gasteiger partial charge in [0, 0.05) is 13.0 Å². The Balaban J connectivity index is 2.17. The van der Waals surface area contributed by atoms with Crippen molar-refractivity contribution >= 4 is 9.84 Å². The fraction of sp³-hybridized carbons (Fsp3) is 0.750. The van der Waals surface area contributed by atoms with Gasteiger partial charge >= 0.3 is 0 Å². The van der Waals surface area contributed by atoms with E-state index in [0.29, 0.717) is 12.4 Å². The highest BCUT2D eigenvalue weighted by Gasteiger charge is 2.27. The van der Waals surface area contributed by atoms with Crippen LogP contribution in [-0.2, 0) is 16.3 Å². The standard InChI is InChI=1S/C8H14N4O2S/c1-2-7-10-8(12-11-7)6-5-15(13,14)4-3-9-6/h6,9H,2-5H2,1H3,(H,10,11,12). The fourth-order valence-corrected chi connectivity index (χ4v) is 2.95. The van der Waals surface area contributed by atoms with E-state index in [0.717, 1.165) is 12.2 Å². The van der Waals surface area contributed by atoms with Crippen LogP contribution in [0.3, 0.4) is 0 Å². The Bertz CT molecular complexity index is 439. The molecule has 0 amide bonds. The molecule has 0 bridgehead atoms. The van der Waals surface area contributed by atoms with E-state index in [9.17, 15) is 8.42 Å². The summed E-state index contributed by atoms with van der Waals surface area (Å²) >= 11 is 0. The number of aromatic nitrogens is 3. The highest BCUT2D eigenvalue weighted by Crippen LogP contribution is 2.14. The first kappa shape index (κ1) is 10.6. The zero-order chi connectivity index (χ0) is 10.9. The number of nitrogens with zero attached hydrogens (tertiary/aromatic N) is 2. The Morgan fingerprint density at radius 3 is 2.93 bits per heavy atom. The van der Waals surface area contributed by atoms with Crippen molar-refractivity contribution < 1.29 is 8.42 Å². The molecule has 2 heterocycles. The molecule has 0 aliphatic carbocycles. The second-order valence-electron chi connectivity index (χ2n) is 3.61. The number of H-pyrrole nitrogens is 1. The van der Waals surface area contributed by atoms with Crippen LogP contribution in [0.2, 0.25) is 0 Å². The number of aryl methyl sites for hydroxylation is 1. The second-order valence-corrected chi connectivity index (χ2v) is 5.84. The van der Waals surface area contributed by atoms with Gasteiger partial charge in [0.15, 0.2) is 15.7 Å². The van der Waals surface area contributed by atoms with Gasteiger partial charge < -0.3 is 5.32 Å². The molecule has 1 fully saturated rings. The lowest BCUT2D eigenvalue weighted by Gasteiger charge is -2.20. The van der Waals surface area contributed by atoms with Crippen LogP contribution in [0.25, 0.3) is 0 Å². The summed E-state index contributed by atoms with van der Waals surface area (Å²) in [7, 11) is -2.93. The van der Waals surface area contributed by atoms with Crippen LogP contribution in [-0.4, -0.2) is 41.6 Å². The first-order valence-corrected chi connectivity index (χ1v) is 6.78. The van der Waals surface area contributed by atoms with Gasteiger partial charge in [0.05, 0.1) is 17.5 Å². The Kier molecular flexibility index (Phi) is 2.74. The molecule has 1 aromatic heterocycles. The maximum atomic E-state index is 11.4. The molecule has 6 nitrogen and oxygen atoms in total. The largest absolute Gasteiger partial charge is 0.305 e. The van der Waals surface area contributed by atoms with Crippen molar-refractivity contribution in [1.82, 2.24) is 20.5 Å². The average molecular weight is 230 g/mol. The third-order valence-electron chi connectivity index (χ3n) is 2.42. The van der Waals surface area contributed by atoms with Gasteiger partial charge in [0.2, 0.25) is 0 Å². The van der Waals surface area contributed by atoms with Gasteiger partial charge in [0.25, 0.3) is 0 Å². The van der Waals surface area contributed by atoms with E-state index in [-0.39, 0.29) is 17.5 Å². The van der Waals surface area contributed by atoms with Gasteiger partial charge in [-0.05, 0) is 0 Å². The molecule has 0 saturated carbocycles. The Labute approximate surface area is 88.4 Å². The van der Waals surface area contributed by atoms with Crippen LogP contribution in [0, 0.1) is 0 Å². The summed E-state index contributed by atoms with van der Waals surface area (Å²) in [6.45, 7) is 2.44. The zero-order valence-electron chi connectivity index (χ0n) is 8.52. The van der Waals surface area contributed by atoms with Crippen molar-refractivity contribution in [2.75, 3.05) is 18.1 Å². The van der Waals surface area contributed by atoms with Gasteiger partial charge in [-0.2, -0.15) is 5.10 Å². The lowest BCUT2D eigenvalue weighted by atomic mass is 10.3. The molecule has 1 saturated heterocycles. The lowest BCUT2D eigenvalue weighted by molar-refractivity contribution is 0.516. The SMILES string of the molecule is CCc1nc(C2CS(=O)(=O)CCN2)n[nH]1. The van der Waals surface area contributed by atoms with Crippen LogP contribution in [0.1, 0.15) is 24.6 Å². The molecule has 0 aromatic carbocycles. The third-order valence-corrected chi connectivity index (χ3v) is 4.09. The topological polar surface area (TPSA) is 87.7 Å². The van der Waals surface area contributed by atoms with E-state index in [1.165, 1.54) is 0 Å². The number of rotatable bonds is 2. The Hall–Kier alpha value is -0.950. The molecular weight excluding hydrogens is 216 g/mol. The molecular formula is C8H14N4O2S. The number of hydrogen-bond donors (Lipinski definition) is 2. The predicted molar refractivity (Wildman–Crippen MR) is 55.2 cm³/mol. The van der Waals surface area contributed by atoms with Crippen molar-refractivity contribution in [3.63, 3.8) is 0 Å². The van der Waals surface area contributed by atoms with E-state index in [1.807, 2.05) is 6.92 Å². The summed E-state index contributed by atoms with van der Waals surface area (Å²) in [5.74, 6) is 1.63. The first-order valence-electron chi connectivity index (χ1n) is 4.95. The van der Waals surface area contributed by atoms with Crippen LogP contribution in [0.5, 0.6) is 0 Å². The summed E-state index contributed by atoms with van der Waals surface area (Å²) in [4.78, 5) is 4.22. The molecule has 84 valence electrons. The lowest BCUT2D eigenvalue weighted by Crippen LogP contribution is -2.39.